The molecule has 14 amide bonds. The zero-order chi connectivity index (χ0) is 86.7. The molecule has 644 valence electrons. The van der Waals surface area contributed by atoms with Crippen LogP contribution in [0.5, 0.6) is 0 Å². The third-order valence-corrected chi connectivity index (χ3v) is 24.9. The summed E-state index contributed by atoms with van der Waals surface area (Å²) in [4.78, 5) is 214. The van der Waals surface area contributed by atoms with E-state index in [9.17, 15) is 38.7 Å². The molecule has 42 heteroatoms. The Bertz CT molecular complexity index is 4790. The monoisotopic (exact) mass is 1710 g/mol. The lowest BCUT2D eigenvalue weighted by atomic mass is 9.96. The topological polar surface area (TPSA) is 647 Å². The second-order valence-corrected chi connectivity index (χ2v) is 34.1. The summed E-state index contributed by atoms with van der Waals surface area (Å²) in [5.74, 6) is -16.8. The molecule has 3 aliphatic rings. The van der Waals surface area contributed by atoms with Crippen LogP contribution < -0.4 is 103 Å². The number of para-hydroxylation sites is 2. The Morgan fingerprint density at radius 1 is 0.492 bits per heavy atom. The van der Waals surface area contributed by atoms with Crippen molar-refractivity contribution < 1.29 is 72.2 Å². The first-order valence-corrected chi connectivity index (χ1v) is 42.5. The second-order valence-electron chi connectivity index (χ2n) is 29.9. The fourth-order valence-corrected chi connectivity index (χ4v) is 17.8. The first-order valence-electron chi connectivity index (χ1n) is 39.2. The number of primary amides is 1. The molecule has 29 N–H and O–H groups in total. The minimum Gasteiger partial charge on any atom is -0.481 e. The van der Waals surface area contributed by atoms with Crippen LogP contribution in [0.15, 0.2) is 103 Å². The van der Waals surface area contributed by atoms with Crippen LogP contribution in [0.1, 0.15) is 108 Å². The molecule has 3 fully saturated rings. The summed E-state index contributed by atoms with van der Waals surface area (Å²) in [6, 6.07) is 8.45. The highest BCUT2D eigenvalue weighted by molar-refractivity contribution is 8.77. The molecule has 0 spiro atoms. The fraction of sp³-hybridized carbons (Fsp3) is 0.449. The summed E-state index contributed by atoms with van der Waals surface area (Å²) in [5.41, 5.74) is 25.6. The third kappa shape index (κ3) is 27.1. The molecule has 0 radical (unpaired) electrons. The van der Waals surface area contributed by atoms with Crippen molar-refractivity contribution in [3.05, 3.63) is 120 Å². The van der Waals surface area contributed by atoms with Gasteiger partial charge in [-0.2, -0.15) is 0 Å². The molecule has 4 heterocycles. The third-order valence-electron chi connectivity index (χ3n) is 20.5. The number of guanidine groups is 3. The minimum atomic E-state index is -2.04. The van der Waals surface area contributed by atoms with Crippen LogP contribution in [0.4, 0.5) is 4.79 Å². The number of benzene rings is 4. The number of H-pyrrole nitrogens is 2. The molecular weight excluding hydrogens is 1610 g/mol. The van der Waals surface area contributed by atoms with Crippen molar-refractivity contribution in [2.45, 2.75) is 181 Å². The average Bonchev–Trinajstić information content (AvgIpc) is 1.78. The number of hydrogen-bond acceptors (Lipinski definition) is 20. The summed E-state index contributed by atoms with van der Waals surface area (Å²) in [5, 5.41) is 74.4. The number of fused-ring (bicyclic) bond motifs is 9. The van der Waals surface area contributed by atoms with Gasteiger partial charge in [0.1, 0.15) is 60.4 Å². The van der Waals surface area contributed by atoms with Gasteiger partial charge in [-0.05, 0) is 117 Å². The number of carboxylic acids is 1. The Morgan fingerprint density at radius 3 is 1.51 bits per heavy atom. The van der Waals surface area contributed by atoms with Gasteiger partial charge in [-0.1, -0.05) is 113 Å². The van der Waals surface area contributed by atoms with Crippen LogP contribution in [-0.2, 0) is 81.6 Å². The number of nitrogens with one attached hydrogen (secondary N) is 20. The van der Waals surface area contributed by atoms with E-state index in [1.54, 1.807) is 85.2 Å². The highest BCUT2D eigenvalue weighted by Gasteiger charge is 2.43. The van der Waals surface area contributed by atoms with Crippen molar-refractivity contribution in [1.29, 1.82) is 16.2 Å². The lowest BCUT2D eigenvalue weighted by Crippen LogP contribution is -2.63. The second kappa shape index (κ2) is 43.9. The summed E-state index contributed by atoms with van der Waals surface area (Å²) < 4.78 is -1.61. The molecule has 4 aromatic carbocycles. The van der Waals surface area contributed by atoms with Gasteiger partial charge in [0.05, 0.1) is 12.2 Å². The van der Waals surface area contributed by atoms with Crippen LogP contribution in [0.25, 0.3) is 32.6 Å². The van der Waals surface area contributed by atoms with E-state index < -0.39 is 189 Å². The van der Waals surface area contributed by atoms with E-state index in [0.717, 1.165) is 32.4 Å². The normalized spacial score (nSPS) is 23.6. The molecule has 2 aromatic heterocycles. The predicted molar refractivity (Wildman–Crippen MR) is 453 cm³/mol. The Kier molecular flexibility index (Phi) is 33.5. The quantitative estimate of drug-likeness (QED) is 0.0169. The van der Waals surface area contributed by atoms with Gasteiger partial charge in [0.2, 0.25) is 59.1 Å². The number of aliphatic carboxylic acids is 1. The molecule has 2 bridgehead atoms. The molecule has 1 aliphatic carbocycles. The molecule has 0 unspecified atom stereocenters. The lowest BCUT2D eigenvalue weighted by molar-refractivity contribution is -0.141. The van der Waals surface area contributed by atoms with E-state index in [1.165, 1.54) is 13.8 Å². The maximum atomic E-state index is 15.7. The van der Waals surface area contributed by atoms with Gasteiger partial charge in [-0.3, -0.25) is 83.9 Å². The molecule has 6 aromatic rings. The van der Waals surface area contributed by atoms with E-state index in [2.05, 4.69) is 89.7 Å². The standard InChI is InChI=1S/C78H104N24O15S3/c1-78(2)61-72(116)102-77(117)98-52(24-13-30-88-76(84)85)64(108)97-57(36-59(104)105)69(113)96-55(34-44-37-89-48-20-9-7-18-46(44)48)68(112)94-53(27-31-119-120-78)65(109)92-50(22-11-28-86-74(80)81)63(107)95-56(35-45-38-90-49-21-10-8-19-47(45)49)70(114)99-60(42-15-4-5-16-42)71(115)101-73(62(79)106)118-39-58(103)91-54(33-40-25-26-41-14-3-6-17-43(41)32-40)67(111)93-51(66(110)100-61)23-12-29-87-75(82)83/h3,6-10,14,17-21,25-26,32,37-38,42,50-57,60-61,73,89-90H,4-5,11-13,15-16,22-24,27-31,33-36,39H2,1-2H3,(H2,79,106)(H,91,103)(H,92,109)(H,93,111)(H,94,112)(H,95,107)(H,96,113)(H,97,108)(H,99,114)(H,100,110)(H,101,115)(H,104,105)(H4,80,81,86)(H4,82,83,87)(H4,84,85,88)(H2,98,102,116,117)/t50-,51-,52-,53-,54-,55-,56-,57-,60-,61+,73-/m0/s1. The van der Waals surface area contributed by atoms with E-state index in [-0.39, 0.29) is 89.6 Å². The van der Waals surface area contributed by atoms with Crippen LogP contribution in [-0.4, -0.2) is 218 Å². The van der Waals surface area contributed by atoms with Gasteiger partial charge in [0, 0.05) is 83.6 Å². The number of urea groups is 1. The number of amides is 14. The molecule has 11 atom stereocenters. The van der Waals surface area contributed by atoms with E-state index in [1.807, 2.05) is 18.2 Å². The molecule has 2 saturated heterocycles. The van der Waals surface area contributed by atoms with Gasteiger partial charge >= 0.3 is 12.0 Å². The van der Waals surface area contributed by atoms with Crippen molar-refractivity contribution in [1.82, 2.24) is 89.7 Å². The van der Waals surface area contributed by atoms with Crippen molar-refractivity contribution in [2.24, 2.45) is 28.9 Å². The smallest absolute Gasteiger partial charge is 0.322 e. The average molecular weight is 1710 g/mol. The van der Waals surface area contributed by atoms with Crippen LogP contribution in [0.3, 0.4) is 0 Å². The first kappa shape index (κ1) is 91.6. The van der Waals surface area contributed by atoms with Crippen LogP contribution >= 0.6 is 33.3 Å². The van der Waals surface area contributed by atoms with Gasteiger partial charge in [0.15, 0.2) is 23.3 Å². The molecule has 9 rings (SSSR count). The van der Waals surface area contributed by atoms with Crippen molar-refractivity contribution in [2.75, 3.05) is 31.1 Å². The number of aromatic nitrogens is 2. The van der Waals surface area contributed by atoms with Crippen LogP contribution in [0.2, 0.25) is 0 Å². The van der Waals surface area contributed by atoms with Crippen molar-refractivity contribution >= 4 is 167 Å². The fourth-order valence-electron chi connectivity index (χ4n) is 14.3. The van der Waals surface area contributed by atoms with Crippen LogP contribution in [0, 0.1) is 22.1 Å². The number of thioether (sulfide) groups is 1. The Labute approximate surface area is 701 Å². The predicted octanol–water partition coefficient (Wildman–Crippen LogP) is -0.919. The number of carbonyl (C=O) groups excluding carboxylic acids is 13. The van der Waals surface area contributed by atoms with Crippen molar-refractivity contribution in [3.63, 3.8) is 0 Å². The Balaban J connectivity index is 1.18. The zero-order valence-corrected chi connectivity index (χ0v) is 68.5. The van der Waals surface area contributed by atoms with E-state index in [4.69, 9.17) is 39.2 Å². The SMILES string of the molecule is CC1(C)SSCC[C@@H]2NC(=O)[C@H](Cc3c[nH]c4ccccc34)NC(=O)[C@H](CC(=O)O)NC(=O)[C@H](CCCNC(=N)N)NC(=O)NC(=O)[C@H]1NC(=O)[C@H](CCCNC(=N)N)NC(=O)[C@H](Cc1ccc3ccccc3c1)NC(=O)CS[C@@H](C(N)=O)NC(=O)[C@H](C1CCCC1)NC(=O)[C@H](Cc1c[nH]c3ccccc13)NC(=O)[C@H](CCCNC(=N)N)NC2=O. The number of nitrogens with two attached hydrogens (primary N) is 4. The number of carbonyl (C=O) groups is 14. The maximum Gasteiger partial charge on any atom is 0.322 e. The summed E-state index contributed by atoms with van der Waals surface area (Å²) in [6.07, 6.45) is 2.08. The van der Waals surface area contributed by atoms with Gasteiger partial charge in [-0.15, -0.1) is 11.8 Å². The number of imide groups is 1. The first-order chi connectivity index (χ1) is 57.3. The van der Waals surface area contributed by atoms with Gasteiger partial charge in [0.25, 0.3) is 11.8 Å². The summed E-state index contributed by atoms with van der Waals surface area (Å²) in [6.45, 7) is 2.86. The molecule has 120 heavy (non-hydrogen) atoms. The number of hydrogen-bond donors (Lipinski definition) is 25. The minimum absolute atomic E-state index is 0.00142. The zero-order valence-electron chi connectivity index (χ0n) is 66.1. The summed E-state index contributed by atoms with van der Waals surface area (Å²) >= 11 is 0.582. The highest BCUT2D eigenvalue weighted by atomic mass is 33.1. The number of aromatic amines is 2. The molecule has 2 aliphatic heterocycles. The Morgan fingerprint density at radius 2 is 0.958 bits per heavy atom. The maximum absolute atomic E-state index is 15.7. The molecular formula is C78H104N24O15S3. The highest BCUT2D eigenvalue weighted by Crippen LogP contribution is 2.39. The Hall–Kier alpha value is -12.3. The van der Waals surface area contributed by atoms with Gasteiger partial charge < -0.3 is 112 Å². The molecule has 39 nitrogen and oxygen atoms in total. The van der Waals surface area contributed by atoms with E-state index in [0.29, 0.717) is 75.9 Å². The number of rotatable bonds is 22. The largest absolute Gasteiger partial charge is 0.481 e. The number of carboxylic acid groups (broad SMARTS) is 1. The lowest BCUT2D eigenvalue weighted by Gasteiger charge is -2.34. The van der Waals surface area contributed by atoms with E-state index >= 15 is 33.6 Å². The van der Waals surface area contributed by atoms with Gasteiger partial charge in [-0.25, -0.2) is 4.79 Å². The van der Waals surface area contributed by atoms with Crippen molar-refractivity contribution in [3.8, 4) is 0 Å². The summed E-state index contributed by atoms with van der Waals surface area (Å²) in [7, 11) is 1.93. The molecule has 1 saturated carbocycles.